The van der Waals surface area contributed by atoms with E-state index in [0.29, 0.717) is 0 Å². The second-order valence-electron chi connectivity index (χ2n) is 5.82. The molecule has 5 nitrogen and oxygen atoms in total. The lowest BCUT2D eigenvalue weighted by atomic mass is 10.1. The van der Waals surface area contributed by atoms with E-state index in [4.69, 9.17) is 4.74 Å². The standard InChI is InChI=1S/C20H24N2O3/c1-4-15-5-9-17(10-6-15)14(2)22-20(24)19(23)21-13-16-7-11-18(25-3)12-8-16/h5-12,14H,4,13H2,1-3H3,(H,21,23)(H,22,24). The van der Waals surface area contributed by atoms with Crippen LogP contribution in [0, 0.1) is 0 Å². The average Bonchev–Trinajstić information content (AvgIpc) is 2.66. The highest BCUT2D eigenvalue weighted by atomic mass is 16.5. The first-order valence-electron chi connectivity index (χ1n) is 8.34. The zero-order valence-electron chi connectivity index (χ0n) is 14.8. The van der Waals surface area contributed by atoms with Crippen LogP contribution in [0.5, 0.6) is 5.75 Å². The van der Waals surface area contributed by atoms with Crippen molar-refractivity contribution in [2.24, 2.45) is 0 Å². The first-order valence-corrected chi connectivity index (χ1v) is 8.34. The zero-order chi connectivity index (χ0) is 18.2. The molecule has 0 saturated heterocycles. The maximum atomic E-state index is 12.0. The zero-order valence-corrected chi connectivity index (χ0v) is 14.8. The first kappa shape index (κ1) is 18.5. The van der Waals surface area contributed by atoms with E-state index >= 15 is 0 Å². The van der Waals surface area contributed by atoms with Gasteiger partial charge in [0, 0.05) is 6.54 Å². The van der Waals surface area contributed by atoms with Gasteiger partial charge < -0.3 is 15.4 Å². The maximum Gasteiger partial charge on any atom is 0.309 e. The summed E-state index contributed by atoms with van der Waals surface area (Å²) >= 11 is 0. The van der Waals surface area contributed by atoms with Crippen molar-refractivity contribution in [3.8, 4) is 5.75 Å². The van der Waals surface area contributed by atoms with E-state index in [9.17, 15) is 9.59 Å². The van der Waals surface area contributed by atoms with E-state index in [0.717, 1.165) is 23.3 Å². The Labute approximate surface area is 148 Å². The molecule has 5 heteroatoms. The van der Waals surface area contributed by atoms with Crippen molar-refractivity contribution in [3.63, 3.8) is 0 Å². The highest BCUT2D eigenvalue weighted by molar-refractivity contribution is 6.35. The molecule has 1 atom stereocenters. The predicted molar refractivity (Wildman–Crippen MR) is 97.2 cm³/mol. The number of benzene rings is 2. The molecule has 2 N–H and O–H groups in total. The number of carbonyl (C=O) groups is 2. The predicted octanol–water partition coefficient (Wildman–Crippen LogP) is 2.75. The summed E-state index contributed by atoms with van der Waals surface area (Å²) in [6, 6.07) is 15.1. The Balaban J connectivity index is 1.84. The molecule has 0 aliphatic heterocycles. The summed E-state index contributed by atoms with van der Waals surface area (Å²) in [6.45, 7) is 4.23. The van der Waals surface area contributed by atoms with E-state index in [-0.39, 0.29) is 12.6 Å². The van der Waals surface area contributed by atoms with E-state index in [1.54, 1.807) is 7.11 Å². The number of nitrogens with one attached hydrogen (secondary N) is 2. The molecular weight excluding hydrogens is 316 g/mol. The molecule has 2 aromatic carbocycles. The van der Waals surface area contributed by atoms with Crippen LogP contribution in [0.3, 0.4) is 0 Å². The lowest BCUT2D eigenvalue weighted by Gasteiger charge is -2.14. The molecule has 1 unspecified atom stereocenters. The number of ether oxygens (including phenoxy) is 1. The van der Waals surface area contributed by atoms with Crippen LogP contribution in [0.4, 0.5) is 0 Å². The highest BCUT2D eigenvalue weighted by Crippen LogP contribution is 2.14. The molecule has 25 heavy (non-hydrogen) atoms. The van der Waals surface area contributed by atoms with Crippen LogP contribution in [-0.2, 0) is 22.6 Å². The van der Waals surface area contributed by atoms with Gasteiger partial charge in [-0.25, -0.2) is 0 Å². The molecule has 2 rings (SSSR count). The fraction of sp³-hybridized carbons (Fsp3) is 0.300. The molecule has 0 fully saturated rings. The van der Waals surface area contributed by atoms with E-state index in [1.807, 2.05) is 55.5 Å². The Morgan fingerprint density at radius 3 is 2.12 bits per heavy atom. The number of amides is 2. The number of aryl methyl sites for hydroxylation is 1. The minimum absolute atomic E-state index is 0.231. The summed E-state index contributed by atoms with van der Waals surface area (Å²) in [4.78, 5) is 24.0. The van der Waals surface area contributed by atoms with Crippen molar-refractivity contribution < 1.29 is 14.3 Å². The number of carbonyl (C=O) groups excluding carboxylic acids is 2. The molecule has 2 aromatic rings. The molecule has 132 valence electrons. The topological polar surface area (TPSA) is 67.4 Å². The van der Waals surface area contributed by atoms with Gasteiger partial charge in [0.15, 0.2) is 0 Å². The minimum Gasteiger partial charge on any atom is -0.497 e. The molecule has 0 aliphatic rings. The van der Waals surface area contributed by atoms with Crippen LogP contribution in [-0.4, -0.2) is 18.9 Å². The summed E-state index contributed by atoms with van der Waals surface area (Å²) in [5.41, 5.74) is 3.10. The van der Waals surface area contributed by atoms with Crippen molar-refractivity contribution in [3.05, 3.63) is 65.2 Å². The van der Waals surface area contributed by atoms with Gasteiger partial charge in [0.05, 0.1) is 13.2 Å². The van der Waals surface area contributed by atoms with Crippen molar-refractivity contribution in [1.29, 1.82) is 0 Å². The molecule has 0 radical (unpaired) electrons. The summed E-state index contributed by atoms with van der Waals surface area (Å²) in [6.07, 6.45) is 0.967. The lowest BCUT2D eigenvalue weighted by Crippen LogP contribution is -2.40. The van der Waals surface area contributed by atoms with Gasteiger partial charge in [-0.15, -0.1) is 0 Å². The van der Waals surface area contributed by atoms with Crippen molar-refractivity contribution >= 4 is 11.8 Å². The Kier molecular flexibility index (Phi) is 6.57. The fourth-order valence-corrected chi connectivity index (χ4v) is 2.39. The van der Waals surface area contributed by atoms with E-state index in [1.165, 1.54) is 5.56 Å². The van der Waals surface area contributed by atoms with Crippen LogP contribution in [0.25, 0.3) is 0 Å². The quantitative estimate of drug-likeness (QED) is 0.795. The second kappa shape index (κ2) is 8.87. The van der Waals surface area contributed by atoms with Crippen molar-refractivity contribution in [2.45, 2.75) is 32.9 Å². The highest BCUT2D eigenvalue weighted by Gasteiger charge is 2.16. The van der Waals surface area contributed by atoms with Gasteiger partial charge in [0.2, 0.25) is 0 Å². The molecule has 0 heterocycles. The second-order valence-corrected chi connectivity index (χ2v) is 5.82. The van der Waals surface area contributed by atoms with Crippen molar-refractivity contribution in [1.82, 2.24) is 10.6 Å². The molecule has 0 aromatic heterocycles. The van der Waals surface area contributed by atoms with Gasteiger partial charge in [-0.1, -0.05) is 43.3 Å². The SMILES string of the molecule is CCc1ccc(C(C)NC(=O)C(=O)NCc2ccc(OC)cc2)cc1. The van der Waals surface area contributed by atoms with Crippen LogP contribution in [0.1, 0.15) is 36.6 Å². The largest absolute Gasteiger partial charge is 0.497 e. The number of methoxy groups -OCH3 is 1. The van der Waals surface area contributed by atoms with Gasteiger partial charge in [-0.2, -0.15) is 0 Å². The van der Waals surface area contributed by atoms with Gasteiger partial charge >= 0.3 is 11.8 Å². The lowest BCUT2D eigenvalue weighted by molar-refractivity contribution is -0.139. The number of hydrogen-bond donors (Lipinski definition) is 2. The normalized spacial score (nSPS) is 11.5. The van der Waals surface area contributed by atoms with Gasteiger partial charge in [0.25, 0.3) is 0 Å². The van der Waals surface area contributed by atoms with Crippen LogP contribution < -0.4 is 15.4 Å². The third-order valence-corrected chi connectivity index (χ3v) is 4.05. The molecule has 0 aliphatic carbocycles. The van der Waals surface area contributed by atoms with E-state index in [2.05, 4.69) is 17.6 Å². The Hall–Kier alpha value is -2.82. The van der Waals surface area contributed by atoms with Crippen LogP contribution in [0.15, 0.2) is 48.5 Å². The summed E-state index contributed by atoms with van der Waals surface area (Å²) in [7, 11) is 1.60. The molecule has 0 spiro atoms. The number of rotatable bonds is 6. The average molecular weight is 340 g/mol. The third-order valence-electron chi connectivity index (χ3n) is 4.05. The third kappa shape index (κ3) is 5.35. The summed E-state index contributed by atoms with van der Waals surface area (Å²) < 4.78 is 5.08. The fourth-order valence-electron chi connectivity index (χ4n) is 2.39. The summed E-state index contributed by atoms with van der Waals surface area (Å²) in [5.74, 6) is -0.538. The van der Waals surface area contributed by atoms with Gasteiger partial charge in [0.1, 0.15) is 5.75 Å². The first-order chi connectivity index (χ1) is 12.0. The van der Waals surface area contributed by atoms with Gasteiger partial charge in [-0.3, -0.25) is 9.59 Å². The smallest absolute Gasteiger partial charge is 0.309 e. The maximum absolute atomic E-state index is 12.0. The molecule has 0 saturated carbocycles. The Bertz CT molecular complexity index is 709. The van der Waals surface area contributed by atoms with Crippen molar-refractivity contribution in [2.75, 3.05) is 7.11 Å². The molecular formula is C20H24N2O3. The summed E-state index contributed by atoms with van der Waals surface area (Å²) in [5, 5.41) is 5.34. The monoisotopic (exact) mass is 340 g/mol. The van der Waals surface area contributed by atoms with Crippen LogP contribution >= 0.6 is 0 Å². The van der Waals surface area contributed by atoms with Gasteiger partial charge in [-0.05, 0) is 42.2 Å². The molecule has 2 amide bonds. The number of hydrogen-bond acceptors (Lipinski definition) is 3. The Morgan fingerprint density at radius 1 is 0.960 bits per heavy atom. The molecule has 0 bridgehead atoms. The van der Waals surface area contributed by atoms with E-state index < -0.39 is 11.8 Å². The van der Waals surface area contributed by atoms with Crippen LogP contribution in [0.2, 0.25) is 0 Å². The minimum atomic E-state index is -0.646. The Morgan fingerprint density at radius 2 is 1.56 bits per heavy atom.